The Kier molecular flexibility index (Phi) is 3.74. The van der Waals surface area contributed by atoms with Crippen molar-refractivity contribution in [1.29, 1.82) is 0 Å². The van der Waals surface area contributed by atoms with Gasteiger partial charge in [0.15, 0.2) is 11.6 Å². The van der Waals surface area contributed by atoms with Gasteiger partial charge in [0.25, 0.3) is 0 Å². The van der Waals surface area contributed by atoms with Gasteiger partial charge in [-0.15, -0.1) is 0 Å². The summed E-state index contributed by atoms with van der Waals surface area (Å²) >= 11 is 0. The van der Waals surface area contributed by atoms with Gasteiger partial charge in [-0.1, -0.05) is 6.07 Å². The highest BCUT2D eigenvalue weighted by Crippen LogP contribution is 2.26. The van der Waals surface area contributed by atoms with Crippen LogP contribution in [-0.4, -0.2) is 16.6 Å². The van der Waals surface area contributed by atoms with Crippen molar-refractivity contribution >= 4 is 11.6 Å². The summed E-state index contributed by atoms with van der Waals surface area (Å²) in [5.74, 6) is 0.0109. The molecule has 3 nitrogen and oxygen atoms in total. The zero-order valence-electron chi connectivity index (χ0n) is 11.5. The Hall–Kier alpha value is -2.03. The molecule has 0 atom stereocenters. The maximum atomic E-state index is 12.2. The minimum Gasteiger partial charge on any atom is -0.289 e. The van der Waals surface area contributed by atoms with Crippen molar-refractivity contribution < 1.29 is 9.59 Å². The summed E-state index contributed by atoms with van der Waals surface area (Å²) in [6, 6.07) is 3.85. The van der Waals surface area contributed by atoms with Crippen LogP contribution in [0.3, 0.4) is 0 Å². The van der Waals surface area contributed by atoms with Crippen LogP contribution in [-0.2, 0) is 16.0 Å². The first-order valence-electron chi connectivity index (χ1n) is 6.38. The van der Waals surface area contributed by atoms with Crippen LogP contribution in [0.15, 0.2) is 46.8 Å². The molecule has 0 aliphatic heterocycles. The van der Waals surface area contributed by atoms with Gasteiger partial charge in [-0.2, -0.15) is 0 Å². The SMILES string of the molecule is CC1=C(C)C(=O)C(CCc2cccnc2)=C(C)C1=O. The van der Waals surface area contributed by atoms with Crippen molar-refractivity contribution in [1.82, 2.24) is 4.98 Å². The van der Waals surface area contributed by atoms with Gasteiger partial charge in [-0.25, -0.2) is 0 Å². The molecule has 19 heavy (non-hydrogen) atoms. The summed E-state index contributed by atoms with van der Waals surface area (Å²) in [7, 11) is 0. The molecular formula is C16H17NO2. The fraction of sp³-hybridized carbons (Fsp3) is 0.312. The number of hydrogen-bond acceptors (Lipinski definition) is 3. The second-order valence-corrected chi connectivity index (χ2v) is 4.87. The number of nitrogens with zero attached hydrogens (tertiary/aromatic N) is 1. The smallest absolute Gasteiger partial charge is 0.185 e. The van der Waals surface area contributed by atoms with E-state index in [2.05, 4.69) is 4.98 Å². The van der Waals surface area contributed by atoms with Crippen LogP contribution in [0.25, 0.3) is 0 Å². The van der Waals surface area contributed by atoms with Crippen molar-refractivity contribution in [2.24, 2.45) is 0 Å². The van der Waals surface area contributed by atoms with Gasteiger partial charge in [0.2, 0.25) is 0 Å². The van der Waals surface area contributed by atoms with E-state index < -0.39 is 0 Å². The maximum Gasteiger partial charge on any atom is 0.185 e. The zero-order valence-corrected chi connectivity index (χ0v) is 11.5. The van der Waals surface area contributed by atoms with E-state index in [0.717, 1.165) is 12.0 Å². The molecule has 0 N–H and O–H groups in total. The van der Waals surface area contributed by atoms with Crippen molar-refractivity contribution in [3.05, 3.63) is 52.4 Å². The Labute approximate surface area is 113 Å². The molecule has 0 saturated carbocycles. The standard InChI is InChI=1S/C16H17NO2/c1-10-11(2)16(19)14(12(3)15(10)18)7-6-13-5-4-8-17-9-13/h4-5,8-9H,6-7H2,1-3H3. The monoisotopic (exact) mass is 255 g/mol. The molecule has 2 rings (SSSR count). The number of rotatable bonds is 3. The molecule has 0 saturated heterocycles. The topological polar surface area (TPSA) is 47.0 Å². The molecule has 1 aliphatic carbocycles. The molecule has 1 aromatic rings. The molecule has 0 aromatic carbocycles. The first-order chi connectivity index (χ1) is 9.02. The molecule has 0 spiro atoms. The van der Waals surface area contributed by atoms with Gasteiger partial charge in [-0.3, -0.25) is 14.6 Å². The third kappa shape index (κ3) is 2.55. The van der Waals surface area contributed by atoms with Crippen LogP contribution >= 0.6 is 0 Å². The zero-order chi connectivity index (χ0) is 14.0. The number of carbonyl (C=O) groups excluding carboxylic acids is 2. The molecule has 0 amide bonds. The number of pyridine rings is 1. The highest BCUT2D eigenvalue weighted by atomic mass is 16.1. The van der Waals surface area contributed by atoms with E-state index in [0.29, 0.717) is 28.7 Å². The number of aryl methyl sites for hydroxylation is 1. The number of ketones is 2. The normalized spacial score (nSPS) is 16.4. The average molecular weight is 255 g/mol. The van der Waals surface area contributed by atoms with Crippen LogP contribution < -0.4 is 0 Å². The van der Waals surface area contributed by atoms with Crippen LogP contribution in [0, 0.1) is 0 Å². The second-order valence-electron chi connectivity index (χ2n) is 4.87. The number of Topliss-reactive ketones (excluding diaryl/α,β-unsaturated/α-hetero) is 2. The number of hydrogen-bond donors (Lipinski definition) is 0. The molecule has 0 fully saturated rings. The lowest BCUT2D eigenvalue weighted by molar-refractivity contribution is -0.116. The highest BCUT2D eigenvalue weighted by Gasteiger charge is 2.27. The van der Waals surface area contributed by atoms with E-state index in [-0.39, 0.29) is 11.6 Å². The van der Waals surface area contributed by atoms with E-state index in [9.17, 15) is 9.59 Å². The summed E-state index contributed by atoms with van der Waals surface area (Å²) in [5.41, 5.74) is 3.48. The maximum absolute atomic E-state index is 12.2. The van der Waals surface area contributed by atoms with E-state index in [1.54, 1.807) is 33.2 Å². The molecule has 1 aromatic heterocycles. The van der Waals surface area contributed by atoms with E-state index >= 15 is 0 Å². The molecule has 3 heteroatoms. The van der Waals surface area contributed by atoms with Crippen LogP contribution in [0.2, 0.25) is 0 Å². The highest BCUT2D eigenvalue weighted by molar-refractivity contribution is 6.24. The predicted molar refractivity (Wildman–Crippen MR) is 73.6 cm³/mol. The molecule has 0 unspecified atom stereocenters. The molecule has 0 radical (unpaired) electrons. The quantitative estimate of drug-likeness (QED) is 0.780. The summed E-state index contributed by atoms with van der Waals surface area (Å²) < 4.78 is 0. The van der Waals surface area contributed by atoms with Crippen LogP contribution in [0.1, 0.15) is 32.8 Å². The minimum absolute atomic E-state index is 0.00159. The van der Waals surface area contributed by atoms with Crippen LogP contribution in [0.5, 0.6) is 0 Å². The average Bonchev–Trinajstić information content (AvgIpc) is 2.44. The first kappa shape index (κ1) is 13.4. The van der Waals surface area contributed by atoms with Crippen LogP contribution in [0.4, 0.5) is 0 Å². The second kappa shape index (κ2) is 5.31. The third-order valence-electron chi connectivity index (χ3n) is 3.70. The Morgan fingerprint density at radius 3 is 2.26 bits per heavy atom. The van der Waals surface area contributed by atoms with Gasteiger partial charge in [0.05, 0.1) is 0 Å². The van der Waals surface area contributed by atoms with Gasteiger partial charge in [-0.05, 0) is 45.2 Å². The van der Waals surface area contributed by atoms with Crippen molar-refractivity contribution in [2.75, 3.05) is 0 Å². The van der Waals surface area contributed by atoms with Gasteiger partial charge in [0.1, 0.15) is 0 Å². The first-order valence-corrected chi connectivity index (χ1v) is 6.38. The molecule has 0 bridgehead atoms. The van der Waals surface area contributed by atoms with Gasteiger partial charge >= 0.3 is 0 Å². The van der Waals surface area contributed by atoms with Crippen molar-refractivity contribution in [3.63, 3.8) is 0 Å². The van der Waals surface area contributed by atoms with Crippen molar-refractivity contribution in [2.45, 2.75) is 33.6 Å². The van der Waals surface area contributed by atoms with Gasteiger partial charge in [0, 0.05) is 34.7 Å². The van der Waals surface area contributed by atoms with E-state index in [1.807, 2.05) is 12.1 Å². The Balaban J connectivity index is 2.21. The summed E-state index contributed by atoms with van der Waals surface area (Å²) in [6.45, 7) is 5.19. The van der Waals surface area contributed by atoms with E-state index in [4.69, 9.17) is 0 Å². The molecule has 98 valence electrons. The largest absolute Gasteiger partial charge is 0.289 e. The molecule has 1 aliphatic rings. The fourth-order valence-corrected chi connectivity index (χ4v) is 2.27. The van der Waals surface area contributed by atoms with Gasteiger partial charge < -0.3 is 0 Å². The van der Waals surface area contributed by atoms with E-state index in [1.165, 1.54) is 0 Å². The number of carbonyl (C=O) groups is 2. The molecular weight excluding hydrogens is 238 g/mol. The number of allylic oxidation sites excluding steroid dienone is 4. The summed E-state index contributed by atoms with van der Waals surface area (Å²) in [4.78, 5) is 28.3. The predicted octanol–water partition coefficient (Wildman–Crippen LogP) is 2.82. The minimum atomic E-state index is -0.00159. The summed E-state index contributed by atoms with van der Waals surface area (Å²) in [5, 5.41) is 0. The number of aromatic nitrogens is 1. The Bertz CT molecular complexity index is 594. The Morgan fingerprint density at radius 1 is 0.947 bits per heavy atom. The van der Waals surface area contributed by atoms with Crippen molar-refractivity contribution in [3.8, 4) is 0 Å². The summed E-state index contributed by atoms with van der Waals surface area (Å²) in [6.07, 6.45) is 4.83. The lowest BCUT2D eigenvalue weighted by Gasteiger charge is -2.18. The molecule has 1 heterocycles. The third-order valence-corrected chi connectivity index (χ3v) is 3.70. The lowest BCUT2D eigenvalue weighted by atomic mass is 9.84. The Morgan fingerprint density at radius 2 is 1.63 bits per heavy atom. The fourth-order valence-electron chi connectivity index (χ4n) is 2.27. The lowest BCUT2D eigenvalue weighted by Crippen LogP contribution is -2.21.